The lowest BCUT2D eigenvalue weighted by Crippen LogP contribution is -2.20. The molecule has 1 atom stereocenters. The molecule has 2 aromatic carbocycles. The standard InChI is InChI=1S/C21H17ClO3S/c1-13-3-7-15(8-4-13)19(23)20(16-9-5-14(2)6-10-16)25-21(24)17-11-12-18(22)26-17/h3-12,20H,1-2H3/t20-/m1/s1. The molecule has 3 rings (SSSR count). The summed E-state index contributed by atoms with van der Waals surface area (Å²) in [5.74, 6) is -0.821. The second-order valence-corrected chi connectivity index (χ2v) is 7.75. The lowest BCUT2D eigenvalue weighted by Gasteiger charge is -2.17. The van der Waals surface area contributed by atoms with Crippen LogP contribution in [-0.2, 0) is 4.74 Å². The minimum Gasteiger partial charge on any atom is -0.445 e. The minimum absolute atomic E-state index is 0.259. The Hall–Kier alpha value is -2.43. The molecule has 0 saturated carbocycles. The highest BCUT2D eigenvalue weighted by Crippen LogP contribution is 2.28. The molecule has 0 saturated heterocycles. The van der Waals surface area contributed by atoms with Gasteiger partial charge in [-0.05, 0) is 26.0 Å². The van der Waals surface area contributed by atoms with Crippen molar-refractivity contribution in [2.24, 2.45) is 0 Å². The number of halogens is 1. The van der Waals surface area contributed by atoms with Crippen LogP contribution < -0.4 is 0 Å². The first-order valence-corrected chi connectivity index (χ1v) is 9.27. The van der Waals surface area contributed by atoms with Crippen LogP contribution in [0.1, 0.15) is 42.8 Å². The Morgan fingerprint density at radius 2 is 1.46 bits per heavy atom. The van der Waals surface area contributed by atoms with E-state index in [2.05, 4.69) is 0 Å². The molecule has 0 aliphatic heterocycles. The number of carbonyl (C=O) groups is 2. The van der Waals surface area contributed by atoms with E-state index in [1.165, 1.54) is 0 Å². The number of hydrogen-bond donors (Lipinski definition) is 0. The highest BCUT2D eigenvalue weighted by atomic mass is 35.5. The Bertz CT molecular complexity index is 927. The number of thiophene rings is 1. The molecule has 3 nitrogen and oxygen atoms in total. The Balaban J connectivity index is 1.93. The van der Waals surface area contributed by atoms with E-state index in [1.807, 2.05) is 38.1 Å². The van der Waals surface area contributed by atoms with E-state index in [4.69, 9.17) is 16.3 Å². The molecule has 0 spiro atoms. The summed E-state index contributed by atoms with van der Waals surface area (Å²) < 4.78 is 6.08. The molecule has 5 heteroatoms. The van der Waals surface area contributed by atoms with Gasteiger partial charge >= 0.3 is 5.97 Å². The molecule has 132 valence electrons. The molecular formula is C21H17ClO3S. The van der Waals surface area contributed by atoms with Crippen LogP contribution in [0.15, 0.2) is 60.7 Å². The first-order chi connectivity index (χ1) is 12.4. The second kappa shape index (κ2) is 7.85. The number of Topliss-reactive ketones (excluding diaryl/α,β-unsaturated/α-hetero) is 1. The van der Waals surface area contributed by atoms with Crippen molar-refractivity contribution in [3.63, 3.8) is 0 Å². The van der Waals surface area contributed by atoms with Gasteiger partial charge < -0.3 is 4.74 Å². The lowest BCUT2D eigenvalue weighted by atomic mass is 9.98. The zero-order valence-electron chi connectivity index (χ0n) is 14.4. The molecule has 1 heterocycles. The molecule has 0 radical (unpaired) electrons. The largest absolute Gasteiger partial charge is 0.445 e. The van der Waals surface area contributed by atoms with Crippen LogP contribution in [0.25, 0.3) is 0 Å². The van der Waals surface area contributed by atoms with Gasteiger partial charge in [-0.2, -0.15) is 0 Å². The van der Waals surface area contributed by atoms with Gasteiger partial charge in [-0.3, -0.25) is 4.79 Å². The molecule has 1 aromatic heterocycles. The van der Waals surface area contributed by atoms with Crippen LogP contribution in [0, 0.1) is 13.8 Å². The monoisotopic (exact) mass is 384 g/mol. The summed E-state index contributed by atoms with van der Waals surface area (Å²) in [5.41, 5.74) is 3.25. The number of esters is 1. The van der Waals surface area contributed by atoms with Gasteiger partial charge in [-0.25, -0.2) is 4.79 Å². The van der Waals surface area contributed by atoms with E-state index >= 15 is 0 Å². The number of benzene rings is 2. The van der Waals surface area contributed by atoms with Gasteiger partial charge in [0.25, 0.3) is 0 Å². The maximum absolute atomic E-state index is 13.0. The third kappa shape index (κ3) is 4.21. The van der Waals surface area contributed by atoms with Crippen molar-refractivity contribution in [2.75, 3.05) is 0 Å². The zero-order chi connectivity index (χ0) is 18.7. The van der Waals surface area contributed by atoms with Crippen LogP contribution in [-0.4, -0.2) is 11.8 Å². The number of hydrogen-bond acceptors (Lipinski definition) is 4. The molecule has 3 aromatic rings. The molecule has 0 unspecified atom stereocenters. The molecule has 0 bridgehead atoms. The number of ether oxygens (including phenoxy) is 1. The van der Waals surface area contributed by atoms with Crippen molar-refractivity contribution < 1.29 is 14.3 Å². The second-order valence-electron chi connectivity index (χ2n) is 6.03. The maximum atomic E-state index is 13.0. The van der Waals surface area contributed by atoms with Crippen molar-refractivity contribution in [1.82, 2.24) is 0 Å². The van der Waals surface area contributed by atoms with Gasteiger partial charge in [0, 0.05) is 11.1 Å². The van der Waals surface area contributed by atoms with Gasteiger partial charge in [-0.1, -0.05) is 71.3 Å². The minimum atomic E-state index is -1.01. The highest BCUT2D eigenvalue weighted by Gasteiger charge is 2.27. The summed E-state index contributed by atoms with van der Waals surface area (Å²) in [6.07, 6.45) is -1.01. The average Bonchev–Trinajstić information content (AvgIpc) is 3.07. The van der Waals surface area contributed by atoms with E-state index < -0.39 is 12.1 Å². The van der Waals surface area contributed by atoms with Crippen LogP contribution in [0.3, 0.4) is 0 Å². The fourth-order valence-electron chi connectivity index (χ4n) is 2.47. The molecular weight excluding hydrogens is 368 g/mol. The van der Waals surface area contributed by atoms with Gasteiger partial charge in [0.1, 0.15) is 4.88 Å². The maximum Gasteiger partial charge on any atom is 0.349 e. The Morgan fingerprint density at radius 3 is 2.00 bits per heavy atom. The van der Waals surface area contributed by atoms with Gasteiger partial charge in [0.15, 0.2) is 6.10 Å². The van der Waals surface area contributed by atoms with E-state index in [1.54, 1.807) is 36.4 Å². The first kappa shape index (κ1) is 18.4. The van der Waals surface area contributed by atoms with Gasteiger partial charge in [0.2, 0.25) is 5.78 Å². The number of carbonyl (C=O) groups excluding carboxylic acids is 2. The summed E-state index contributed by atoms with van der Waals surface area (Å²) in [7, 11) is 0. The predicted molar refractivity (Wildman–Crippen MR) is 104 cm³/mol. The van der Waals surface area contributed by atoms with Crippen molar-refractivity contribution in [2.45, 2.75) is 20.0 Å². The molecule has 0 aliphatic rings. The number of aryl methyl sites for hydroxylation is 2. The summed E-state index contributed by atoms with van der Waals surface area (Å²) in [5, 5.41) is 0. The molecule has 0 N–H and O–H groups in total. The summed E-state index contributed by atoms with van der Waals surface area (Å²) >= 11 is 7.02. The van der Waals surface area contributed by atoms with E-state index in [-0.39, 0.29) is 5.78 Å². The smallest absolute Gasteiger partial charge is 0.349 e. The topological polar surface area (TPSA) is 43.4 Å². The van der Waals surface area contributed by atoms with Crippen LogP contribution in [0.2, 0.25) is 4.34 Å². The Morgan fingerprint density at radius 1 is 0.885 bits per heavy atom. The summed E-state index contributed by atoms with van der Waals surface area (Å²) in [6.45, 7) is 3.91. The summed E-state index contributed by atoms with van der Waals surface area (Å²) in [4.78, 5) is 25.9. The first-order valence-electron chi connectivity index (χ1n) is 8.08. The van der Waals surface area contributed by atoms with Crippen molar-refractivity contribution in [3.8, 4) is 0 Å². The normalized spacial score (nSPS) is 11.8. The van der Waals surface area contributed by atoms with E-state index in [9.17, 15) is 9.59 Å². The third-order valence-electron chi connectivity index (χ3n) is 3.95. The molecule has 0 fully saturated rings. The van der Waals surface area contributed by atoms with E-state index in [0.717, 1.165) is 22.5 Å². The van der Waals surface area contributed by atoms with Crippen LogP contribution in [0.5, 0.6) is 0 Å². The SMILES string of the molecule is Cc1ccc(C(=O)[C@H](OC(=O)c2ccc(Cl)s2)c2ccc(C)cc2)cc1. The quantitative estimate of drug-likeness (QED) is 0.412. The van der Waals surface area contributed by atoms with Gasteiger partial charge in [0.05, 0.1) is 4.34 Å². The fourth-order valence-corrected chi connectivity index (χ4v) is 3.40. The van der Waals surface area contributed by atoms with Crippen LogP contribution >= 0.6 is 22.9 Å². The predicted octanol–water partition coefficient (Wildman–Crippen LogP) is 5.80. The molecule has 0 amide bonds. The Labute approximate surface area is 161 Å². The van der Waals surface area contributed by atoms with Crippen molar-refractivity contribution >= 4 is 34.7 Å². The molecule has 0 aliphatic carbocycles. The zero-order valence-corrected chi connectivity index (χ0v) is 15.9. The molecule has 26 heavy (non-hydrogen) atoms. The van der Waals surface area contributed by atoms with Crippen LogP contribution in [0.4, 0.5) is 0 Å². The number of ketones is 1. The number of rotatable bonds is 5. The summed E-state index contributed by atoms with van der Waals surface area (Å²) in [6, 6.07) is 17.8. The lowest BCUT2D eigenvalue weighted by molar-refractivity contribution is 0.0285. The van der Waals surface area contributed by atoms with E-state index in [0.29, 0.717) is 20.3 Å². The average molecular weight is 385 g/mol. The van der Waals surface area contributed by atoms with Crippen molar-refractivity contribution in [3.05, 3.63) is 92.1 Å². The third-order valence-corrected chi connectivity index (χ3v) is 5.16. The highest BCUT2D eigenvalue weighted by molar-refractivity contribution is 7.17. The Kier molecular flexibility index (Phi) is 5.55. The fraction of sp³-hybridized carbons (Fsp3) is 0.143. The van der Waals surface area contributed by atoms with Crippen molar-refractivity contribution in [1.29, 1.82) is 0 Å². The van der Waals surface area contributed by atoms with Gasteiger partial charge in [-0.15, -0.1) is 11.3 Å².